The minimum absolute atomic E-state index is 0.0609. The zero-order valence-electron chi connectivity index (χ0n) is 24.9. The number of aromatic amines is 1. The quantitative estimate of drug-likeness (QED) is 0.113. The number of imidazole rings is 1. The lowest BCUT2D eigenvalue weighted by atomic mass is 10.0. The maximum atomic E-state index is 11.2. The Labute approximate surface area is 244 Å². The highest BCUT2D eigenvalue weighted by molar-refractivity contribution is 7.99. The maximum Gasteiger partial charge on any atom is 0.404 e. The van der Waals surface area contributed by atoms with Crippen LogP contribution in [0.4, 0.5) is 16.2 Å². The number of carboxylic acid groups (broad SMARTS) is 1. The first-order valence-corrected chi connectivity index (χ1v) is 15.6. The third kappa shape index (κ3) is 9.22. The van der Waals surface area contributed by atoms with Crippen molar-refractivity contribution >= 4 is 29.2 Å². The summed E-state index contributed by atoms with van der Waals surface area (Å²) >= 11 is 1.76. The van der Waals surface area contributed by atoms with Gasteiger partial charge in [-0.05, 0) is 31.4 Å². The second kappa shape index (κ2) is 16.2. The van der Waals surface area contributed by atoms with E-state index in [1.165, 1.54) is 19.3 Å². The molecule has 3 rings (SSSR count). The zero-order valence-corrected chi connectivity index (χ0v) is 25.7. The van der Waals surface area contributed by atoms with E-state index in [1.54, 1.807) is 11.8 Å². The molecule has 0 radical (unpaired) electrons. The molecule has 2 aromatic carbocycles. The number of nitrogens with zero attached hydrogens (tertiary/aromatic N) is 3. The number of thioether (sulfide) groups is 1. The first-order chi connectivity index (χ1) is 19.3. The molecule has 0 aliphatic rings. The van der Waals surface area contributed by atoms with Crippen molar-refractivity contribution in [3.05, 3.63) is 48.5 Å². The van der Waals surface area contributed by atoms with Gasteiger partial charge in [0, 0.05) is 62.5 Å². The average Bonchev–Trinajstić information content (AvgIpc) is 3.36. The predicted molar refractivity (Wildman–Crippen MR) is 171 cm³/mol. The van der Waals surface area contributed by atoms with Crippen molar-refractivity contribution in [2.75, 3.05) is 43.7 Å². The van der Waals surface area contributed by atoms with Gasteiger partial charge in [-0.1, -0.05) is 93.6 Å². The molecule has 1 unspecified atom stereocenters. The van der Waals surface area contributed by atoms with E-state index in [-0.39, 0.29) is 6.04 Å². The highest BCUT2D eigenvalue weighted by atomic mass is 32.2. The summed E-state index contributed by atoms with van der Waals surface area (Å²) in [7, 11) is 8.27. The van der Waals surface area contributed by atoms with E-state index in [0.717, 1.165) is 83.3 Å². The van der Waals surface area contributed by atoms with Gasteiger partial charge in [0.1, 0.15) is 0 Å². The molecule has 0 aliphatic heterocycles. The Morgan fingerprint density at radius 2 is 1.45 bits per heavy atom. The Morgan fingerprint density at radius 3 is 2.05 bits per heavy atom. The Hall–Kier alpha value is -3.13. The van der Waals surface area contributed by atoms with Crippen LogP contribution in [0, 0.1) is 0 Å². The molecule has 0 spiro atoms. The van der Waals surface area contributed by atoms with Gasteiger partial charge in [0.2, 0.25) is 0 Å². The molecular formula is C32H47N5O2S. The van der Waals surface area contributed by atoms with E-state index in [9.17, 15) is 9.90 Å². The lowest BCUT2D eigenvalue weighted by Gasteiger charge is -2.19. The number of benzene rings is 2. The Morgan fingerprint density at radius 1 is 0.875 bits per heavy atom. The molecule has 8 heteroatoms. The van der Waals surface area contributed by atoms with E-state index in [4.69, 9.17) is 4.98 Å². The van der Waals surface area contributed by atoms with Gasteiger partial charge in [0.05, 0.1) is 11.4 Å². The van der Waals surface area contributed by atoms with Crippen LogP contribution in [0.1, 0.15) is 64.7 Å². The highest BCUT2D eigenvalue weighted by Crippen LogP contribution is 2.40. The summed E-state index contributed by atoms with van der Waals surface area (Å²) in [5.74, 6) is 0.963. The number of aromatic nitrogens is 2. The van der Waals surface area contributed by atoms with Crippen LogP contribution >= 0.6 is 11.8 Å². The van der Waals surface area contributed by atoms with E-state index in [2.05, 4.69) is 104 Å². The van der Waals surface area contributed by atoms with Gasteiger partial charge in [-0.15, -0.1) is 0 Å². The molecule has 3 N–H and O–H groups in total. The van der Waals surface area contributed by atoms with Gasteiger partial charge >= 0.3 is 6.09 Å². The topological polar surface area (TPSA) is 84.5 Å². The van der Waals surface area contributed by atoms with E-state index < -0.39 is 6.09 Å². The normalized spacial score (nSPS) is 11.8. The number of para-hydroxylation sites is 2. The van der Waals surface area contributed by atoms with Crippen molar-refractivity contribution in [1.82, 2.24) is 15.3 Å². The summed E-state index contributed by atoms with van der Waals surface area (Å²) in [4.78, 5) is 24.3. The van der Waals surface area contributed by atoms with E-state index >= 15 is 0 Å². The summed E-state index contributed by atoms with van der Waals surface area (Å²) in [6.45, 7) is 2.20. The second-order valence-electron chi connectivity index (χ2n) is 10.8. The van der Waals surface area contributed by atoms with Gasteiger partial charge in [-0.2, -0.15) is 0 Å². The summed E-state index contributed by atoms with van der Waals surface area (Å²) in [5, 5.41) is 12.9. The predicted octanol–water partition coefficient (Wildman–Crippen LogP) is 8.13. The van der Waals surface area contributed by atoms with Crippen molar-refractivity contribution in [3.8, 4) is 22.5 Å². The number of nitrogens with one attached hydrogen (secondary N) is 2. The third-order valence-corrected chi connectivity index (χ3v) is 8.11. The van der Waals surface area contributed by atoms with E-state index in [1.807, 2.05) is 0 Å². The fraction of sp³-hybridized carbons (Fsp3) is 0.500. The Kier molecular flexibility index (Phi) is 12.7. The molecule has 0 bridgehead atoms. The number of hydrogen-bond acceptors (Lipinski definition) is 5. The molecule has 7 nitrogen and oxygen atoms in total. The number of H-pyrrole nitrogens is 1. The van der Waals surface area contributed by atoms with Crippen LogP contribution in [0.15, 0.2) is 53.7 Å². The lowest BCUT2D eigenvalue weighted by molar-refractivity contribution is 0.187. The number of amides is 1. The maximum absolute atomic E-state index is 11.2. The summed E-state index contributed by atoms with van der Waals surface area (Å²) in [6, 6.07) is 16.9. The molecule has 3 aromatic rings. The van der Waals surface area contributed by atoms with Gasteiger partial charge in [-0.3, -0.25) is 0 Å². The van der Waals surface area contributed by atoms with Crippen LogP contribution < -0.4 is 15.1 Å². The fourth-order valence-corrected chi connectivity index (χ4v) is 5.94. The molecule has 0 aliphatic carbocycles. The van der Waals surface area contributed by atoms with Gasteiger partial charge in [0.15, 0.2) is 5.16 Å². The van der Waals surface area contributed by atoms with Crippen LogP contribution in [0.5, 0.6) is 0 Å². The smallest absolute Gasteiger partial charge is 0.404 e. The molecule has 1 amide bonds. The standard InChI is InChI=1S/C32H47N5O2S/c1-6-7-8-10-17-24(33-32(38)39)18-11-9-16-23-40-31-34-29(25-19-12-14-21-27(25)36(2)3)30(35-31)26-20-13-15-22-28(26)37(4)5/h12-15,19-22,24,33H,6-11,16-18,23H2,1-5H3,(H,34,35)(H,38,39). The highest BCUT2D eigenvalue weighted by Gasteiger charge is 2.20. The number of anilines is 2. The zero-order chi connectivity index (χ0) is 28.9. The molecule has 0 fully saturated rings. The van der Waals surface area contributed by atoms with Crippen molar-refractivity contribution in [2.45, 2.75) is 75.9 Å². The van der Waals surface area contributed by atoms with Gasteiger partial charge in [-0.25, -0.2) is 9.78 Å². The molecule has 40 heavy (non-hydrogen) atoms. The van der Waals surface area contributed by atoms with Crippen molar-refractivity contribution in [2.24, 2.45) is 0 Å². The largest absolute Gasteiger partial charge is 0.465 e. The van der Waals surface area contributed by atoms with Crippen LogP contribution in [0.25, 0.3) is 22.5 Å². The molecule has 218 valence electrons. The van der Waals surface area contributed by atoms with Crippen LogP contribution in [0.3, 0.4) is 0 Å². The summed E-state index contributed by atoms with van der Waals surface area (Å²) < 4.78 is 0. The fourth-order valence-electron chi connectivity index (χ4n) is 5.07. The van der Waals surface area contributed by atoms with Gasteiger partial charge in [0.25, 0.3) is 0 Å². The number of unbranched alkanes of at least 4 members (excludes halogenated alkanes) is 5. The number of rotatable bonds is 17. The SMILES string of the molecule is CCCCCCC(CCCCCSc1nc(-c2ccccc2N(C)C)c(-c2ccccc2N(C)C)[nH]1)NC(=O)O. The summed E-state index contributed by atoms with van der Waals surface area (Å²) in [6.07, 6.45) is 8.77. The monoisotopic (exact) mass is 565 g/mol. The first-order valence-electron chi connectivity index (χ1n) is 14.6. The van der Waals surface area contributed by atoms with Crippen molar-refractivity contribution < 1.29 is 9.90 Å². The van der Waals surface area contributed by atoms with Crippen LogP contribution in [-0.2, 0) is 0 Å². The number of hydrogen-bond donors (Lipinski definition) is 3. The minimum Gasteiger partial charge on any atom is -0.465 e. The Balaban J connectivity index is 1.68. The lowest BCUT2D eigenvalue weighted by Crippen LogP contribution is -2.33. The van der Waals surface area contributed by atoms with E-state index in [0.29, 0.717) is 0 Å². The van der Waals surface area contributed by atoms with Gasteiger partial charge < -0.3 is 25.2 Å². The molecular weight excluding hydrogens is 518 g/mol. The molecule has 0 saturated heterocycles. The second-order valence-corrected chi connectivity index (χ2v) is 11.9. The van der Waals surface area contributed by atoms with Crippen molar-refractivity contribution in [1.29, 1.82) is 0 Å². The van der Waals surface area contributed by atoms with Crippen molar-refractivity contribution in [3.63, 3.8) is 0 Å². The molecule has 0 saturated carbocycles. The summed E-state index contributed by atoms with van der Waals surface area (Å²) in [5.41, 5.74) is 6.51. The number of carbonyl (C=O) groups is 1. The molecule has 1 aromatic heterocycles. The molecule has 1 heterocycles. The Bertz CT molecular complexity index is 1120. The van der Waals surface area contributed by atoms with Crippen LogP contribution in [-0.4, -0.2) is 61.2 Å². The average molecular weight is 566 g/mol. The van der Waals surface area contributed by atoms with Crippen LogP contribution in [0.2, 0.25) is 0 Å². The third-order valence-electron chi connectivity index (χ3n) is 7.15. The first kappa shape index (κ1) is 31.4. The minimum atomic E-state index is -0.910. The molecule has 1 atom stereocenters.